The minimum absolute atomic E-state index is 0.151. The molecule has 0 saturated heterocycles. The second-order valence-corrected chi connectivity index (χ2v) is 6.87. The van der Waals surface area contributed by atoms with E-state index in [9.17, 15) is 14.4 Å². The lowest BCUT2D eigenvalue weighted by Crippen LogP contribution is -2.42. The van der Waals surface area contributed by atoms with Gasteiger partial charge in [-0.15, -0.1) is 0 Å². The van der Waals surface area contributed by atoms with Crippen LogP contribution < -0.4 is 5.73 Å². The van der Waals surface area contributed by atoms with Crippen molar-refractivity contribution in [3.8, 4) is 0 Å². The quantitative estimate of drug-likeness (QED) is 0.823. The minimum atomic E-state index is -0.567. The van der Waals surface area contributed by atoms with E-state index in [0.717, 1.165) is 11.1 Å². The normalized spacial score (nSPS) is 15.8. The molecule has 0 fully saturated rings. The van der Waals surface area contributed by atoms with E-state index in [-0.39, 0.29) is 24.6 Å². The van der Waals surface area contributed by atoms with Crippen molar-refractivity contribution in [2.45, 2.75) is 32.4 Å². The first-order valence-corrected chi connectivity index (χ1v) is 8.85. The van der Waals surface area contributed by atoms with Crippen LogP contribution in [0, 0.1) is 0 Å². The second-order valence-electron chi connectivity index (χ2n) is 6.87. The van der Waals surface area contributed by atoms with Gasteiger partial charge in [0.2, 0.25) is 5.91 Å². The van der Waals surface area contributed by atoms with E-state index < -0.39 is 11.9 Å². The summed E-state index contributed by atoms with van der Waals surface area (Å²) >= 11 is 0. The Morgan fingerprint density at radius 2 is 1.89 bits per heavy atom. The Kier molecular flexibility index (Phi) is 5.26. The minimum Gasteiger partial charge on any atom is -0.454 e. The molecule has 0 saturated carbocycles. The SMILES string of the molecule is CC(C)N(CC(N)=O)C(=O)c1ccc2c(c1)C[C@@H](c1ccccc1)OC2=O. The van der Waals surface area contributed by atoms with Crippen LogP contribution in [0.25, 0.3) is 0 Å². The van der Waals surface area contributed by atoms with Crippen molar-refractivity contribution < 1.29 is 19.1 Å². The smallest absolute Gasteiger partial charge is 0.339 e. The van der Waals surface area contributed by atoms with E-state index in [1.54, 1.807) is 18.2 Å². The van der Waals surface area contributed by atoms with Crippen LogP contribution in [0.4, 0.5) is 0 Å². The summed E-state index contributed by atoms with van der Waals surface area (Å²) in [6.45, 7) is 3.49. The summed E-state index contributed by atoms with van der Waals surface area (Å²) < 4.78 is 5.54. The van der Waals surface area contributed by atoms with Crippen LogP contribution in [-0.4, -0.2) is 35.3 Å². The molecule has 1 aliphatic rings. The molecular formula is C21H22N2O4. The highest BCUT2D eigenvalue weighted by Crippen LogP contribution is 2.31. The zero-order valence-corrected chi connectivity index (χ0v) is 15.3. The van der Waals surface area contributed by atoms with Gasteiger partial charge in [0.25, 0.3) is 5.91 Å². The van der Waals surface area contributed by atoms with Gasteiger partial charge in [-0.2, -0.15) is 0 Å². The molecule has 2 aromatic carbocycles. The van der Waals surface area contributed by atoms with Gasteiger partial charge in [0.1, 0.15) is 6.10 Å². The Labute approximate surface area is 157 Å². The summed E-state index contributed by atoms with van der Waals surface area (Å²) in [7, 11) is 0. The molecule has 0 aromatic heterocycles. The van der Waals surface area contributed by atoms with E-state index in [2.05, 4.69) is 0 Å². The summed E-state index contributed by atoms with van der Waals surface area (Å²) in [6.07, 6.45) is 0.104. The maximum atomic E-state index is 12.8. The summed E-state index contributed by atoms with van der Waals surface area (Å²) in [5.74, 6) is -1.26. The van der Waals surface area contributed by atoms with Crippen LogP contribution in [-0.2, 0) is 16.0 Å². The Morgan fingerprint density at radius 3 is 2.52 bits per heavy atom. The van der Waals surface area contributed by atoms with Gasteiger partial charge in [-0.25, -0.2) is 4.79 Å². The van der Waals surface area contributed by atoms with Gasteiger partial charge in [0.15, 0.2) is 0 Å². The van der Waals surface area contributed by atoms with Crippen molar-refractivity contribution in [2.75, 3.05) is 6.54 Å². The van der Waals surface area contributed by atoms with Gasteiger partial charge in [-0.1, -0.05) is 30.3 Å². The number of hydrogen-bond acceptors (Lipinski definition) is 4. The molecule has 0 aliphatic carbocycles. The van der Waals surface area contributed by atoms with Crippen molar-refractivity contribution in [1.29, 1.82) is 0 Å². The van der Waals surface area contributed by atoms with Crippen molar-refractivity contribution in [1.82, 2.24) is 4.90 Å². The van der Waals surface area contributed by atoms with Gasteiger partial charge < -0.3 is 15.4 Å². The molecule has 1 aliphatic heterocycles. The third-order valence-corrected chi connectivity index (χ3v) is 4.61. The number of esters is 1. The van der Waals surface area contributed by atoms with Crippen LogP contribution in [0.1, 0.15) is 51.8 Å². The van der Waals surface area contributed by atoms with Crippen molar-refractivity contribution in [3.63, 3.8) is 0 Å². The Balaban J connectivity index is 1.90. The number of ether oxygens (including phenoxy) is 1. The highest BCUT2D eigenvalue weighted by atomic mass is 16.5. The maximum Gasteiger partial charge on any atom is 0.339 e. The molecule has 2 N–H and O–H groups in total. The Bertz CT molecular complexity index is 877. The molecule has 27 heavy (non-hydrogen) atoms. The zero-order valence-electron chi connectivity index (χ0n) is 15.3. The molecule has 2 aromatic rings. The summed E-state index contributed by atoms with van der Waals surface area (Å²) in [5.41, 5.74) is 7.82. The number of nitrogens with two attached hydrogens (primary N) is 1. The molecule has 140 valence electrons. The van der Waals surface area contributed by atoms with E-state index in [1.165, 1.54) is 4.90 Å². The van der Waals surface area contributed by atoms with Crippen LogP contribution in [0.15, 0.2) is 48.5 Å². The fourth-order valence-corrected chi connectivity index (χ4v) is 3.21. The first kappa shape index (κ1) is 18.6. The van der Waals surface area contributed by atoms with Crippen LogP contribution in [0.2, 0.25) is 0 Å². The highest BCUT2D eigenvalue weighted by molar-refractivity contribution is 5.99. The molecular weight excluding hydrogens is 344 g/mol. The first-order valence-electron chi connectivity index (χ1n) is 8.85. The van der Waals surface area contributed by atoms with E-state index in [0.29, 0.717) is 17.5 Å². The number of carbonyl (C=O) groups excluding carboxylic acids is 3. The lowest BCUT2D eigenvalue weighted by molar-refractivity contribution is -0.119. The van der Waals surface area contributed by atoms with Crippen molar-refractivity contribution in [2.24, 2.45) is 5.73 Å². The predicted octanol–water partition coefficient (Wildman–Crippen LogP) is 2.48. The van der Waals surface area contributed by atoms with E-state index in [1.807, 2.05) is 44.2 Å². The monoisotopic (exact) mass is 366 g/mol. The lowest BCUT2D eigenvalue weighted by atomic mass is 9.93. The second kappa shape index (κ2) is 7.61. The zero-order chi connectivity index (χ0) is 19.6. The van der Waals surface area contributed by atoms with Crippen LogP contribution >= 0.6 is 0 Å². The number of benzene rings is 2. The topological polar surface area (TPSA) is 89.7 Å². The summed E-state index contributed by atoms with van der Waals surface area (Å²) in [5, 5.41) is 0. The molecule has 3 rings (SSSR count). The predicted molar refractivity (Wildman–Crippen MR) is 100 cm³/mol. The lowest BCUT2D eigenvalue weighted by Gasteiger charge is -2.27. The number of rotatable bonds is 5. The molecule has 0 spiro atoms. The molecule has 0 radical (unpaired) electrons. The van der Waals surface area contributed by atoms with Crippen LogP contribution in [0.3, 0.4) is 0 Å². The number of cyclic esters (lactones) is 1. The standard InChI is InChI=1S/C21H22N2O4/c1-13(2)23(12-19(22)24)20(25)15-8-9-17-16(10-15)11-18(27-21(17)26)14-6-4-3-5-7-14/h3-10,13,18H,11-12H2,1-2H3,(H2,22,24)/t18-/m0/s1. The van der Waals surface area contributed by atoms with Crippen molar-refractivity contribution in [3.05, 3.63) is 70.8 Å². The summed E-state index contributed by atoms with van der Waals surface area (Å²) in [4.78, 5) is 37.9. The van der Waals surface area contributed by atoms with Gasteiger partial charge in [-0.05, 0) is 43.2 Å². The Morgan fingerprint density at radius 1 is 1.19 bits per heavy atom. The first-order chi connectivity index (χ1) is 12.9. The highest BCUT2D eigenvalue weighted by Gasteiger charge is 2.29. The summed E-state index contributed by atoms with van der Waals surface area (Å²) in [6, 6.07) is 14.2. The molecule has 0 unspecified atom stereocenters. The van der Waals surface area contributed by atoms with Gasteiger partial charge in [0.05, 0.1) is 12.1 Å². The molecule has 1 atom stereocenters. The van der Waals surface area contributed by atoms with E-state index >= 15 is 0 Å². The van der Waals surface area contributed by atoms with Gasteiger partial charge in [0, 0.05) is 18.0 Å². The molecule has 0 bridgehead atoms. The fourth-order valence-electron chi connectivity index (χ4n) is 3.21. The molecule has 6 heteroatoms. The molecule has 2 amide bonds. The fraction of sp³-hybridized carbons (Fsp3) is 0.286. The average Bonchev–Trinajstić information content (AvgIpc) is 2.65. The van der Waals surface area contributed by atoms with Gasteiger partial charge in [-0.3, -0.25) is 9.59 Å². The Hall–Kier alpha value is -3.15. The number of hydrogen-bond donors (Lipinski definition) is 1. The number of nitrogens with zero attached hydrogens (tertiary/aromatic N) is 1. The molecule has 6 nitrogen and oxygen atoms in total. The molecule has 1 heterocycles. The maximum absolute atomic E-state index is 12.8. The number of amides is 2. The van der Waals surface area contributed by atoms with E-state index in [4.69, 9.17) is 10.5 Å². The van der Waals surface area contributed by atoms with Gasteiger partial charge >= 0.3 is 5.97 Å². The third-order valence-electron chi connectivity index (χ3n) is 4.61. The number of carbonyl (C=O) groups is 3. The number of fused-ring (bicyclic) bond motifs is 1. The average molecular weight is 366 g/mol. The van der Waals surface area contributed by atoms with Crippen LogP contribution in [0.5, 0.6) is 0 Å². The van der Waals surface area contributed by atoms with Crippen molar-refractivity contribution >= 4 is 17.8 Å². The number of primary amides is 1. The largest absolute Gasteiger partial charge is 0.454 e. The third kappa shape index (κ3) is 4.00.